The Kier molecular flexibility index (Phi) is 4.09. The highest BCUT2D eigenvalue weighted by atomic mass is 16.3. The standard InChI is InChI=1S/C15H20N2O3/c1-10(9-18)16(2)15(20)12-4-6-13-11(8-12)5-7-14(19)17(13)3/h4,6,8,10,18H,5,7,9H2,1-3H3. The predicted molar refractivity (Wildman–Crippen MR) is 76.8 cm³/mol. The van der Waals surface area contributed by atoms with Crippen molar-refractivity contribution in [3.05, 3.63) is 29.3 Å². The number of likely N-dealkylation sites (N-methyl/N-ethyl adjacent to an activating group) is 1. The number of fused-ring (bicyclic) bond motifs is 1. The van der Waals surface area contributed by atoms with Gasteiger partial charge >= 0.3 is 0 Å². The van der Waals surface area contributed by atoms with E-state index in [4.69, 9.17) is 5.11 Å². The van der Waals surface area contributed by atoms with Crippen molar-refractivity contribution in [2.75, 3.05) is 25.6 Å². The molecule has 5 heteroatoms. The maximum atomic E-state index is 12.3. The molecule has 20 heavy (non-hydrogen) atoms. The summed E-state index contributed by atoms with van der Waals surface area (Å²) in [7, 11) is 3.43. The van der Waals surface area contributed by atoms with E-state index >= 15 is 0 Å². The molecule has 1 unspecified atom stereocenters. The molecule has 1 aliphatic heterocycles. The minimum Gasteiger partial charge on any atom is -0.394 e. The zero-order chi connectivity index (χ0) is 14.9. The molecule has 0 fully saturated rings. The van der Waals surface area contributed by atoms with Gasteiger partial charge in [0.1, 0.15) is 0 Å². The molecule has 0 saturated carbocycles. The molecule has 1 aromatic rings. The number of aliphatic hydroxyl groups excluding tert-OH is 1. The molecule has 0 radical (unpaired) electrons. The summed E-state index contributed by atoms with van der Waals surface area (Å²) in [4.78, 5) is 27.1. The summed E-state index contributed by atoms with van der Waals surface area (Å²) < 4.78 is 0. The third kappa shape index (κ3) is 2.54. The first-order valence-corrected chi connectivity index (χ1v) is 6.73. The van der Waals surface area contributed by atoms with Crippen LogP contribution in [0.4, 0.5) is 5.69 Å². The van der Waals surface area contributed by atoms with Crippen molar-refractivity contribution >= 4 is 17.5 Å². The van der Waals surface area contributed by atoms with E-state index in [1.165, 1.54) is 4.90 Å². The fourth-order valence-electron chi connectivity index (χ4n) is 2.32. The minimum atomic E-state index is -0.220. The Bertz CT molecular complexity index is 542. The zero-order valence-electron chi connectivity index (χ0n) is 12.1. The second-order valence-electron chi connectivity index (χ2n) is 5.24. The van der Waals surface area contributed by atoms with Crippen molar-refractivity contribution in [2.24, 2.45) is 0 Å². The van der Waals surface area contributed by atoms with Gasteiger partial charge in [-0.2, -0.15) is 0 Å². The summed E-state index contributed by atoms with van der Waals surface area (Å²) in [6, 6.07) is 5.18. The second kappa shape index (κ2) is 5.63. The van der Waals surface area contributed by atoms with Gasteiger partial charge in [-0.1, -0.05) is 0 Å². The van der Waals surface area contributed by atoms with Gasteiger partial charge in [-0.15, -0.1) is 0 Å². The summed E-state index contributed by atoms with van der Waals surface area (Å²) >= 11 is 0. The summed E-state index contributed by atoms with van der Waals surface area (Å²) in [5, 5.41) is 9.12. The molecule has 0 aliphatic carbocycles. The minimum absolute atomic E-state index is 0.0651. The number of rotatable bonds is 3. The van der Waals surface area contributed by atoms with Gasteiger partial charge in [-0.05, 0) is 37.1 Å². The van der Waals surface area contributed by atoms with E-state index < -0.39 is 0 Å². The van der Waals surface area contributed by atoms with Crippen LogP contribution in [0.3, 0.4) is 0 Å². The molecule has 0 saturated heterocycles. The van der Waals surface area contributed by atoms with Gasteiger partial charge in [0, 0.05) is 31.8 Å². The quantitative estimate of drug-likeness (QED) is 0.897. The van der Waals surface area contributed by atoms with E-state index in [2.05, 4.69) is 0 Å². The van der Waals surface area contributed by atoms with Crippen LogP contribution in [0.1, 0.15) is 29.3 Å². The molecule has 1 N–H and O–H groups in total. The molecule has 1 aliphatic rings. The van der Waals surface area contributed by atoms with Crippen LogP contribution < -0.4 is 4.90 Å². The molecule has 1 aromatic carbocycles. The molecular weight excluding hydrogens is 256 g/mol. The van der Waals surface area contributed by atoms with Gasteiger partial charge in [0.2, 0.25) is 5.91 Å². The number of carbonyl (C=O) groups is 2. The average Bonchev–Trinajstić information content (AvgIpc) is 2.48. The number of amides is 2. The summed E-state index contributed by atoms with van der Waals surface area (Å²) in [5.41, 5.74) is 2.48. The van der Waals surface area contributed by atoms with Crippen molar-refractivity contribution in [1.82, 2.24) is 4.90 Å². The van der Waals surface area contributed by atoms with E-state index in [-0.39, 0.29) is 24.5 Å². The first kappa shape index (κ1) is 14.5. The molecule has 5 nitrogen and oxygen atoms in total. The maximum Gasteiger partial charge on any atom is 0.253 e. The lowest BCUT2D eigenvalue weighted by molar-refractivity contribution is -0.118. The van der Waals surface area contributed by atoms with Gasteiger partial charge in [0.25, 0.3) is 5.91 Å². The first-order chi connectivity index (χ1) is 9.45. The molecule has 1 atom stereocenters. The van der Waals surface area contributed by atoms with E-state index in [0.29, 0.717) is 18.4 Å². The molecule has 108 valence electrons. The van der Waals surface area contributed by atoms with Crippen molar-refractivity contribution in [3.8, 4) is 0 Å². The number of aryl methyl sites for hydroxylation is 1. The van der Waals surface area contributed by atoms with Crippen LogP contribution in [0.5, 0.6) is 0 Å². The SMILES string of the molecule is CC(CO)N(C)C(=O)c1ccc2c(c1)CCC(=O)N2C. The number of benzene rings is 1. The smallest absolute Gasteiger partial charge is 0.253 e. The van der Waals surface area contributed by atoms with Crippen LogP contribution in [0.2, 0.25) is 0 Å². The Morgan fingerprint density at radius 2 is 2.15 bits per heavy atom. The lowest BCUT2D eigenvalue weighted by Crippen LogP contribution is -2.37. The van der Waals surface area contributed by atoms with Crippen molar-refractivity contribution in [2.45, 2.75) is 25.8 Å². The highest BCUT2D eigenvalue weighted by molar-refractivity contribution is 5.98. The third-order valence-electron chi connectivity index (χ3n) is 3.92. The topological polar surface area (TPSA) is 60.9 Å². The average molecular weight is 276 g/mol. The Hall–Kier alpha value is -1.88. The number of carbonyl (C=O) groups excluding carboxylic acids is 2. The lowest BCUT2D eigenvalue weighted by atomic mass is 9.98. The van der Waals surface area contributed by atoms with Crippen molar-refractivity contribution < 1.29 is 14.7 Å². The highest BCUT2D eigenvalue weighted by Crippen LogP contribution is 2.28. The third-order valence-corrected chi connectivity index (χ3v) is 3.92. The first-order valence-electron chi connectivity index (χ1n) is 6.73. The van der Waals surface area contributed by atoms with Crippen LogP contribution in [0.15, 0.2) is 18.2 Å². The number of hydrogen-bond acceptors (Lipinski definition) is 3. The number of hydrogen-bond donors (Lipinski definition) is 1. The maximum absolute atomic E-state index is 12.3. The van der Waals surface area contributed by atoms with Crippen LogP contribution in [0.25, 0.3) is 0 Å². The number of aliphatic hydroxyl groups is 1. The van der Waals surface area contributed by atoms with Gasteiger partial charge in [0.05, 0.1) is 12.6 Å². The normalized spacial score (nSPS) is 15.8. The van der Waals surface area contributed by atoms with Crippen LogP contribution in [-0.4, -0.2) is 48.6 Å². The van der Waals surface area contributed by atoms with Gasteiger partial charge < -0.3 is 14.9 Å². The fourth-order valence-corrected chi connectivity index (χ4v) is 2.32. The van der Waals surface area contributed by atoms with Gasteiger partial charge in [-0.25, -0.2) is 0 Å². The molecule has 0 spiro atoms. The molecular formula is C15H20N2O3. The largest absolute Gasteiger partial charge is 0.394 e. The zero-order valence-corrected chi connectivity index (χ0v) is 12.1. The van der Waals surface area contributed by atoms with Crippen LogP contribution in [-0.2, 0) is 11.2 Å². The molecule has 2 amide bonds. The molecule has 0 aromatic heterocycles. The summed E-state index contributed by atoms with van der Waals surface area (Å²) in [5.74, 6) is -0.0171. The van der Waals surface area contributed by atoms with E-state index in [0.717, 1.165) is 11.3 Å². The van der Waals surface area contributed by atoms with E-state index in [1.54, 1.807) is 32.0 Å². The van der Waals surface area contributed by atoms with Crippen molar-refractivity contribution in [1.29, 1.82) is 0 Å². The summed E-state index contributed by atoms with van der Waals surface area (Å²) in [6.07, 6.45) is 1.14. The predicted octanol–water partition coefficient (Wildman–Crippen LogP) is 1.05. The Morgan fingerprint density at radius 1 is 1.45 bits per heavy atom. The highest BCUT2D eigenvalue weighted by Gasteiger charge is 2.23. The molecule has 2 rings (SSSR count). The number of nitrogens with zero attached hydrogens (tertiary/aromatic N) is 2. The Balaban J connectivity index is 2.28. The summed E-state index contributed by atoms with van der Waals surface area (Å²) in [6.45, 7) is 1.73. The van der Waals surface area contributed by atoms with Gasteiger partial charge in [0.15, 0.2) is 0 Å². The van der Waals surface area contributed by atoms with Crippen LogP contribution in [0, 0.1) is 0 Å². The van der Waals surface area contributed by atoms with Crippen molar-refractivity contribution in [3.63, 3.8) is 0 Å². The molecule has 1 heterocycles. The van der Waals surface area contributed by atoms with E-state index in [1.807, 2.05) is 12.1 Å². The van der Waals surface area contributed by atoms with E-state index in [9.17, 15) is 9.59 Å². The number of anilines is 1. The Labute approximate surface area is 118 Å². The fraction of sp³-hybridized carbons (Fsp3) is 0.467. The Morgan fingerprint density at radius 3 is 2.80 bits per heavy atom. The molecule has 0 bridgehead atoms. The van der Waals surface area contributed by atoms with Crippen LogP contribution >= 0.6 is 0 Å². The lowest BCUT2D eigenvalue weighted by Gasteiger charge is -2.27. The second-order valence-corrected chi connectivity index (χ2v) is 5.24. The monoisotopic (exact) mass is 276 g/mol. The van der Waals surface area contributed by atoms with Gasteiger partial charge in [-0.3, -0.25) is 9.59 Å².